The van der Waals surface area contributed by atoms with Gasteiger partial charge in [0.25, 0.3) is 0 Å². The van der Waals surface area contributed by atoms with Crippen molar-refractivity contribution >= 4 is 5.97 Å². The maximum absolute atomic E-state index is 11.3. The van der Waals surface area contributed by atoms with Crippen molar-refractivity contribution in [1.29, 1.82) is 0 Å². The summed E-state index contributed by atoms with van der Waals surface area (Å²) < 4.78 is 5.35. The minimum Gasteiger partial charge on any atom is -0.462 e. The number of carbonyl (C=O) groups excluding carboxylic acids is 1. The topological polar surface area (TPSA) is 26.3 Å². The van der Waals surface area contributed by atoms with Crippen molar-refractivity contribution in [2.75, 3.05) is 0 Å². The highest BCUT2D eigenvalue weighted by Crippen LogP contribution is 2.31. The van der Waals surface area contributed by atoms with E-state index in [9.17, 15) is 4.79 Å². The van der Waals surface area contributed by atoms with Gasteiger partial charge in [0.1, 0.15) is 6.10 Å². The minimum absolute atomic E-state index is 0.0237. The van der Waals surface area contributed by atoms with E-state index in [0.717, 1.165) is 19.3 Å². The first-order valence-corrected chi connectivity index (χ1v) is 4.85. The van der Waals surface area contributed by atoms with Crippen molar-refractivity contribution in [2.45, 2.75) is 46.1 Å². The molecule has 0 radical (unpaired) electrons. The Morgan fingerprint density at radius 3 is 2.42 bits per heavy atom. The molecular formula is C10H18O2. The van der Waals surface area contributed by atoms with Crippen molar-refractivity contribution in [3.05, 3.63) is 0 Å². The molecule has 1 fully saturated rings. The molecule has 0 aromatic heterocycles. The summed E-state index contributed by atoms with van der Waals surface area (Å²) >= 11 is 0. The highest BCUT2D eigenvalue weighted by molar-refractivity contribution is 5.75. The predicted octanol–water partition coefficient (Wildman–Crippen LogP) is 2.37. The second-order valence-electron chi connectivity index (χ2n) is 3.90. The van der Waals surface area contributed by atoms with Crippen LogP contribution in [0.5, 0.6) is 0 Å². The Morgan fingerprint density at radius 2 is 2.08 bits per heavy atom. The Kier molecular flexibility index (Phi) is 3.12. The molecule has 0 spiro atoms. The molecule has 70 valence electrons. The fourth-order valence-electron chi connectivity index (χ4n) is 1.26. The molecule has 2 nitrogen and oxygen atoms in total. The maximum Gasteiger partial charge on any atom is 0.309 e. The summed E-state index contributed by atoms with van der Waals surface area (Å²) in [7, 11) is 0. The van der Waals surface area contributed by atoms with E-state index in [1.807, 2.05) is 0 Å². The lowest BCUT2D eigenvalue weighted by molar-refractivity contribution is -0.153. The van der Waals surface area contributed by atoms with Gasteiger partial charge in [-0.25, -0.2) is 0 Å². The highest BCUT2D eigenvalue weighted by atomic mass is 16.5. The van der Waals surface area contributed by atoms with Crippen LogP contribution >= 0.6 is 0 Å². The number of esters is 1. The third kappa shape index (κ3) is 2.50. The number of carbonyl (C=O) groups is 1. The van der Waals surface area contributed by atoms with Crippen LogP contribution in [0.25, 0.3) is 0 Å². The van der Waals surface area contributed by atoms with Crippen molar-refractivity contribution in [2.24, 2.45) is 11.8 Å². The van der Waals surface area contributed by atoms with Crippen LogP contribution in [-0.4, -0.2) is 12.1 Å². The predicted molar refractivity (Wildman–Crippen MR) is 47.7 cm³/mol. The van der Waals surface area contributed by atoms with Gasteiger partial charge < -0.3 is 4.74 Å². The number of hydrogen-bond donors (Lipinski definition) is 0. The van der Waals surface area contributed by atoms with Crippen molar-refractivity contribution in [3.63, 3.8) is 0 Å². The van der Waals surface area contributed by atoms with E-state index in [2.05, 4.69) is 20.8 Å². The fourth-order valence-corrected chi connectivity index (χ4v) is 1.26. The first-order valence-electron chi connectivity index (χ1n) is 4.85. The maximum atomic E-state index is 11.3. The van der Waals surface area contributed by atoms with E-state index in [1.165, 1.54) is 0 Å². The molecule has 1 aliphatic carbocycles. The van der Waals surface area contributed by atoms with Gasteiger partial charge in [0.2, 0.25) is 0 Å². The van der Waals surface area contributed by atoms with E-state index in [0.29, 0.717) is 5.92 Å². The van der Waals surface area contributed by atoms with Gasteiger partial charge in [-0.05, 0) is 25.2 Å². The normalized spacial score (nSPS) is 19.3. The van der Waals surface area contributed by atoms with Crippen molar-refractivity contribution in [1.82, 2.24) is 0 Å². The zero-order valence-corrected chi connectivity index (χ0v) is 8.17. The first-order chi connectivity index (χ1) is 5.65. The standard InChI is InChI=1S/C10H18O2/c1-4-9(7(2)3)12-10(11)8-5-6-8/h7-9H,4-6H2,1-3H3. The summed E-state index contributed by atoms with van der Waals surface area (Å²) in [4.78, 5) is 11.3. The number of rotatable bonds is 4. The molecule has 2 heteroatoms. The van der Waals surface area contributed by atoms with Crippen LogP contribution in [0.1, 0.15) is 40.0 Å². The Balaban J connectivity index is 2.30. The zero-order chi connectivity index (χ0) is 9.14. The van der Waals surface area contributed by atoms with Crippen LogP contribution < -0.4 is 0 Å². The monoisotopic (exact) mass is 170 g/mol. The fraction of sp³-hybridized carbons (Fsp3) is 0.900. The molecule has 1 aliphatic rings. The average Bonchev–Trinajstić information content (AvgIpc) is 2.80. The third-order valence-electron chi connectivity index (χ3n) is 2.32. The molecule has 0 heterocycles. The van der Waals surface area contributed by atoms with Crippen LogP contribution in [0.4, 0.5) is 0 Å². The molecular weight excluding hydrogens is 152 g/mol. The van der Waals surface area contributed by atoms with E-state index in [4.69, 9.17) is 4.74 Å². The zero-order valence-electron chi connectivity index (χ0n) is 8.17. The first kappa shape index (κ1) is 9.56. The van der Waals surface area contributed by atoms with Crippen LogP contribution in [-0.2, 0) is 9.53 Å². The molecule has 1 rings (SSSR count). The Labute approximate surface area is 74.3 Å². The lowest BCUT2D eigenvalue weighted by Crippen LogP contribution is -2.23. The van der Waals surface area contributed by atoms with E-state index in [-0.39, 0.29) is 18.0 Å². The summed E-state index contributed by atoms with van der Waals surface area (Å²) in [6, 6.07) is 0. The van der Waals surface area contributed by atoms with E-state index < -0.39 is 0 Å². The van der Waals surface area contributed by atoms with Gasteiger partial charge in [0, 0.05) is 0 Å². The Bertz CT molecular complexity index is 159. The second kappa shape index (κ2) is 3.92. The van der Waals surface area contributed by atoms with Crippen LogP contribution in [0, 0.1) is 11.8 Å². The molecule has 0 aromatic carbocycles. The van der Waals surface area contributed by atoms with E-state index in [1.54, 1.807) is 0 Å². The SMILES string of the molecule is CCC(OC(=O)C1CC1)C(C)C. The molecule has 0 bridgehead atoms. The highest BCUT2D eigenvalue weighted by Gasteiger charge is 2.33. The lowest BCUT2D eigenvalue weighted by atomic mass is 10.1. The van der Waals surface area contributed by atoms with Gasteiger partial charge in [-0.2, -0.15) is 0 Å². The molecule has 0 aliphatic heterocycles. The molecule has 0 aromatic rings. The van der Waals surface area contributed by atoms with Gasteiger partial charge in [-0.15, -0.1) is 0 Å². The largest absolute Gasteiger partial charge is 0.462 e. The Morgan fingerprint density at radius 1 is 1.50 bits per heavy atom. The van der Waals surface area contributed by atoms with Crippen LogP contribution in [0.15, 0.2) is 0 Å². The van der Waals surface area contributed by atoms with Gasteiger partial charge in [-0.3, -0.25) is 4.79 Å². The minimum atomic E-state index is 0.0237. The number of hydrogen-bond acceptors (Lipinski definition) is 2. The molecule has 0 amide bonds. The Hall–Kier alpha value is -0.530. The van der Waals surface area contributed by atoms with Gasteiger partial charge in [-0.1, -0.05) is 20.8 Å². The summed E-state index contributed by atoms with van der Waals surface area (Å²) in [6.07, 6.45) is 3.12. The molecule has 0 N–H and O–H groups in total. The summed E-state index contributed by atoms with van der Waals surface area (Å²) in [5.41, 5.74) is 0. The molecule has 12 heavy (non-hydrogen) atoms. The van der Waals surface area contributed by atoms with Gasteiger partial charge in [0.05, 0.1) is 5.92 Å². The lowest BCUT2D eigenvalue weighted by Gasteiger charge is -2.19. The molecule has 1 unspecified atom stereocenters. The molecule has 1 atom stereocenters. The average molecular weight is 170 g/mol. The summed E-state index contributed by atoms with van der Waals surface area (Å²) in [6.45, 7) is 6.24. The van der Waals surface area contributed by atoms with Gasteiger partial charge >= 0.3 is 5.97 Å². The van der Waals surface area contributed by atoms with Crippen molar-refractivity contribution in [3.8, 4) is 0 Å². The summed E-state index contributed by atoms with van der Waals surface area (Å²) in [5, 5.41) is 0. The van der Waals surface area contributed by atoms with Crippen molar-refractivity contribution < 1.29 is 9.53 Å². The molecule has 1 saturated carbocycles. The second-order valence-corrected chi connectivity index (χ2v) is 3.90. The van der Waals surface area contributed by atoms with Crippen LogP contribution in [0.3, 0.4) is 0 Å². The van der Waals surface area contributed by atoms with Gasteiger partial charge in [0.15, 0.2) is 0 Å². The number of ether oxygens (including phenoxy) is 1. The molecule has 0 saturated heterocycles. The quantitative estimate of drug-likeness (QED) is 0.605. The summed E-state index contributed by atoms with van der Waals surface area (Å²) in [5.74, 6) is 0.700. The van der Waals surface area contributed by atoms with Crippen LogP contribution in [0.2, 0.25) is 0 Å². The van der Waals surface area contributed by atoms with E-state index >= 15 is 0 Å². The third-order valence-corrected chi connectivity index (χ3v) is 2.32. The smallest absolute Gasteiger partial charge is 0.309 e.